The molecule has 0 saturated carbocycles. The summed E-state index contributed by atoms with van der Waals surface area (Å²) in [6.07, 6.45) is 0. The second kappa shape index (κ2) is 8.04. The summed E-state index contributed by atoms with van der Waals surface area (Å²) in [4.78, 5) is 9.40. The van der Waals surface area contributed by atoms with Gasteiger partial charge in [0.1, 0.15) is 5.75 Å². The van der Waals surface area contributed by atoms with Crippen molar-refractivity contribution in [1.82, 2.24) is 9.97 Å². The first-order valence-corrected chi connectivity index (χ1v) is 12.1. The van der Waals surface area contributed by atoms with Crippen LogP contribution in [0.25, 0.3) is 20.4 Å². The third-order valence-corrected chi connectivity index (χ3v) is 8.59. The van der Waals surface area contributed by atoms with E-state index in [4.69, 9.17) is 14.7 Å². The predicted molar refractivity (Wildman–Crippen MR) is 116 cm³/mol. The highest BCUT2D eigenvalue weighted by molar-refractivity contribution is 8.77. The molecular formula is C18H17N3OS4. The van der Waals surface area contributed by atoms with Gasteiger partial charge in [-0.3, -0.25) is 0 Å². The van der Waals surface area contributed by atoms with E-state index in [9.17, 15) is 0 Å². The van der Waals surface area contributed by atoms with Crippen molar-refractivity contribution >= 4 is 70.4 Å². The molecule has 2 aromatic heterocycles. The number of benzene rings is 2. The molecule has 0 aliphatic heterocycles. The van der Waals surface area contributed by atoms with Gasteiger partial charge in [0.05, 0.1) is 27.0 Å². The molecule has 0 spiro atoms. The zero-order valence-corrected chi connectivity index (χ0v) is 17.6. The predicted octanol–water partition coefficient (Wildman–Crippen LogP) is 6.54. The lowest BCUT2D eigenvalue weighted by Gasteiger charge is -2.00. The molecule has 4 rings (SSSR count). The van der Waals surface area contributed by atoms with Crippen molar-refractivity contribution in [3.63, 3.8) is 0 Å². The van der Waals surface area contributed by atoms with E-state index in [1.54, 1.807) is 44.3 Å². The van der Waals surface area contributed by atoms with Crippen LogP contribution in [0.1, 0.15) is 13.8 Å². The molecule has 0 saturated heterocycles. The highest BCUT2D eigenvalue weighted by atomic mass is 33.1. The first kappa shape index (κ1) is 17.9. The van der Waals surface area contributed by atoms with Crippen LogP contribution in [0.2, 0.25) is 0 Å². The van der Waals surface area contributed by atoms with Gasteiger partial charge >= 0.3 is 0 Å². The number of ether oxygens (including phenoxy) is 1. The molecule has 0 amide bonds. The molecule has 0 aliphatic rings. The van der Waals surface area contributed by atoms with Crippen molar-refractivity contribution in [2.45, 2.75) is 22.5 Å². The highest BCUT2D eigenvalue weighted by Crippen LogP contribution is 2.44. The topological polar surface area (TPSA) is 47.0 Å². The van der Waals surface area contributed by atoms with Crippen molar-refractivity contribution in [2.75, 3.05) is 18.5 Å². The largest absolute Gasteiger partial charge is 0.494 e. The molecule has 26 heavy (non-hydrogen) atoms. The summed E-state index contributed by atoms with van der Waals surface area (Å²) in [6, 6.07) is 12.4. The number of nitrogens with zero attached hydrogens (tertiary/aromatic N) is 2. The molecule has 2 heterocycles. The van der Waals surface area contributed by atoms with Gasteiger partial charge < -0.3 is 10.1 Å². The fourth-order valence-corrected chi connectivity index (χ4v) is 7.06. The number of hydrogen-bond donors (Lipinski definition) is 1. The summed E-state index contributed by atoms with van der Waals surface area (Å²) in [5.74, 6) is 0.899. The average molecular weight is 420 g/mol. The van der Waals surface area contributed by atoms with E-state index in [1.165, 1.54) is 4.70 Å². The highest BCUT2D eigenvalue weighted by Gasteiger charge is 2.10. The molecule has 0 unspecified atom stereocenters. The van der Waals surface area contributed by atoms with Crippen LogP contribution in [0.4, 0.5) is 5.69 Å². The maximum absolute atomic E-state index is 5.57. The lowest BCUT2D eigenvalue weighted by molar-refractivity contribution is 0.341. The fourth-order valence-electron chi connectivity index (χ4n) is 2.50. The first-order valence-electron chi connectivity index (χ1n) is 8.27. The van der Waals surface area contributed by atoms with Crippen LogP contribution in [0, 0.1) is 0 Å². The van der Waals surface area contributed by atoms with E-state index in [-0.39, 0.29) is 0 Å². The third-order valence-electron chi connectivity index (χ3n) is 3.59. The molecule has 0 radical (unpaired) electrons. The van der Waals surface area contributed by atoms with Crippen molar-refractivity contribution < 1.29 is 4.74 Å². The summed E-state index contributed by atoms with van der Waals surface area (Å²) >= 11 is 3.41. The molecule has 8 heteroatoms. The second-order valence-electron chi connectivity index (χ2n) is 5.40. The lowest BCUT2D eigenvalue weighted by Crippen LogP contribution is -1.95. The average Bonchev–Trinajstić information content (AvgIpc) is 3.22. The molecule has 1 N–H and O–H groups in total. The molecule has 0 bridgehead atoms. The summed E-state index contributed by atoms with van der Waals surface area (Å²) < 4.78 is 10.0. The smallest absolute Gasteiger partial charge is 0.162 e. The number of aromatic nitrogens is 2. The van der Waals surface area contributed by atoms with Crippen LogP contribution >= 0.6 is 44.3 Å². The molecular weight excluding hydrogens is 402 g/mol. The van der Waals surface area contributed by atoms with Gasteiger partial charge in [-0.1, -0.05) is 0 Å². The van der Waals surface area contributed by atoms with E-state index < -0.39 is 0 Å². The van der Waals surface area contributed by atoms with Gasteiger partial charge in [-0.25, -0.2) is 9.97 Å². The maximum atomic E-state index is 5.57. The summed E-state index contributed by atoms with van der Waals surface area (Å²) in [7, 11) is 3.33. The van der Waals surface area contributed by atoms with Crippen LogP contribution < -0.4 is 10.1 Å². The lowest BCUT2D eigenvalue weighted by atomic mass is 10.3. The minimum atomic E-state index is 0.675. The van der Waals surface area contributed by atoms with Crippen molar-refractivity contribution in [3.8, 4) is 5.75 Å². The molecule has 4 nitrogen and oxygen atoms in total. The molecule has 134 valence electrons. The van der Waals surface area contributed by atoms with Gasteiger partial charge in [0.2, 0.25) is 0 Å². The minimum absolute atomic E-state index is 0.675. The zero-order valence-electron chi connectivity index (χ0n) is 14.3. The van der Waals surface area contributed by atoms with Crippen molar-refractivity contribution in [1.29, 1.82) is 0 Å². The number of thiazole rings is 2. The zero-order chi connectivity index (χ0) is 17.9. The second-order valence-corrected chi connectivity index (χ2v) is 10.1. The monoisotopic (exact) mass is 419 g/mol. The third kappa shape index (κ3) is 3.93. The standard InChI is InChI=1S/C18H17N3OS4/c1-3-19-11-5-7-13-15(9-11)23-17(20-13)25-26-18-21-14-8-6-12(22-4-2)10-16(14)24-18/h5-10,19H,3-4H2,1-2H3. The van der Waals surface area contributed by atoms with Gasteiger partial charge in [0, 0.05) is 12.2 Å². The Labute approximate surface area is 167 Å². The van der Waals surface area contributed by atoms with E-state index >= 15 is 0 Å². The molecule has 4 aromatic rings. The van der Waals surface area contributed by atoms with Gasteiger partial charge in [-0.05, 0) is 71.8 Å². The Balaban J connectivity index is 1.49. The minimum Gasteiger partial charge on any atom is -0.494 e. The van der Waals surface area contributed by atoms with Gasteiger partial charge in [0.15, 0.2) is 8.68 Å². The molecule has 2 aromatic carbocycles. The Hall–Kier alpha value is -1.48. The Morgan fingerprint density at radius 1 is 0.923 bits per heavy atom. The Morgan fingerprint density at radius 2 is 1.58 bits per heavy atom. The Bertz CT molecular complexity index is 959. The summed E-state index contributed by atoms with van der Waals surface area (Å²) in [6.45, 7) is 5.69. The van der Waals surface area contributed by atoms with Crippen LogP contribution in [0.15, 0.2) is 45.1 Å². The number of nitrogens with one attached hydrogen (secondary N) is 1. The summed E-state index contributed by atoms with van der Waals surface area (Å²) in [5, 5.41) is 3.34. The number of anilines is 1. The van der Waals surface area contributed by atoms with Crippen LogP contribution in [-0.2, 0) is 0 Å². The molecule has 0 aliphatic carbocycles. The Morgan fingerprint density at radius 3 is 2.23 bits per heavy atom. The van der Waals surface area contributed by atoms with Gasteiger partial charge in [0.25, 0.3) is 0 Å². The van der Waals surface area contributed by atoms with Crippen molar-refractivity contribution in [3.05, 3.63) is 36.4 Å². The van der Waals surface area contributed by atoms with Gasteiger partial charge in [-0.15, -0.1) is 22.7 Å². The summed E-state index contributed by atoms with van der Waals surface area (Å²) in [5.41, 5.74) is 3.20. The van der Waals surface area contributed by atoms with E-state index in [2.05, 4.69) is 36.5 Å². The van der Waals surface area contributed by atoms with E-state index in [1.807, 2.05) is 19.1 Å². The fraction of sp³-hybridized carbons (Fsp3) is 0.222. The SMILES string of the molecule is CCNc1ccc2nc(SSc3nc4ccc(OCC)cc4s3)sc2c1. The van der Waals surface area contributed by atoms with E-state index in [0.717, 1.165) is 42.4 Å². The Kier molecular flexibility index (Phi) is 5.54. The maximum Gasteiger partial charge on any atom is 0.162 e. The van der Waals surface area contributed by atoms with Crippen LogP contribution in [-0.4, -0.2) is 23.1 Å². The number of hydrogen-bond acceptors (Lipinski definition) is 8. The molecule has 0 fully saturated rings. The molecule has 0 atom stereocenters. The first-order chi connectivity index (χ1) is 12.7. The number of rotatable bonds is 7. The van der Waals surface area contributed by atoms with Crippen molar-refractivity contribution in [2.24, 2.45) is 0 Å². The van der Waals surface area contributed by atoms with E-state index in [0.29, 0.717) is 6.61 Å². The quantitative estimate of drug-likeness (QED) is 0.343. The van der Waals surface area contributed by atoms with Crippen LogP contribution in [0.3, 0.4) is 0 Å². The number of fused-ring (bicyclic) bond motifs is 2. The van der Waals surface area contributed by atoms with Gasteiger partial charge in [-0.2, -0.15) is 0 Å². The normalized spacial score (nSPS) is 11.3. The van der Waals surface area contributed by atoms with Crippen LogP contribution in [0.5, 0.6) is 5.75 Å².